The van der Waals surface area contributed by atoms with Gasteiger partial charge in [0.05, 0.1) is 0 Å². The summed E-state index contributed by atoms with van der Waals surface area (Å²) in [6, 6.07) is 7.43. The molecule has 0 N–H and O–H groups in total. The predicted octanol–water partition coefficient (Wildman–Crippen LogP) is 2.86. The normalized spacial score (nSPS) is 11.1. The molecule has 0 bridgehead atoms. The van der Waals surface area contributed by atoms with E-state index >= 15 is 0 Å². The first-order valence-electron chi connectivity index (χ1n) is 6.35. The Hall–Kier alpha value is -1.70. The highest BCUT2D eigenvalue weighted by Gasteiger charge is 2.10. The SMILES string of the molecule is CCOCc1nc(Cl)cc(Sc2nnc3ccccn23)n1. The number of hydrogen-bond acceptors (Lipinski definition) is 6. The van der Waals surface area contributed by atoms with E-state index in [1.54, 1.807) is 6.07 Å². The molecule has 6 nitrogen and oxygen atoms in total. The minimum atomic E-state index is 0.338. The Morgan fingerprint density at radius 1 is 1.29 bits per heavy atom. The summed E-state index contributed by atoms with van der Waals surface area (Å²) < 4.78 is 7.20. The Balaban J connectivity index is 1.88. The number of aromatic nitrogens is 5. The van der Waals surface area contributed by atoms with Gasteiger partial charge in [-0.1, -0.05) is 17.7 Å². The van der Waals surface area contributed by atoms with E-state index in [0.717, 1.165) is 10.8 Å². The molecular formula is C13H12ClN5OS. The van der Waals surface area contributed by atoms with E-state index in [1.165, 1.54) is 11.8 Å². The Morgan fingerprint density at radius 2 is 2.19 bits per heavy atom. The Bertz CT molecular complexity index is 763. The van der Waals surface area contributed by atoms with Gasteiger partial charge in [0.1, 0.15) is 16.8 Å². The first kappa shape index (κ1) is 14.2. The number of nitrogens with zero attached hydrogens (tertiary/aromatic N) is 5. The topological polar surface area (TPSA) is 65.2 Å². The van der Waals surface area contributed by atoms with Crippen molar-refractivity contribution < 1.29 is 4.74 Å². The van der Waals surface area contributed by atoms with Crippen molar-refractivity contribution in [2.75, 3.05) is 6.61 Å². The number of pyridine rings is 1. The third kappa shape index (κ3) is 3.31. The summed E-state index contributed by atoms with van der Waals surface area (Å²) in [6.45, 7) is 2.86. The lowest BCUT2D eigenvalue weighted by atomic mass is 10.5. The second kappa shape index (κ2) is 6.38. The van der Waals surface area contributed by atoms with E-state index in [1.807, 2.05) is 35.7 Å². The van der Waals surface area contributed by atoms with Crippen LogP contribution in [0.2, 0.25) is 5.15 Å². The van der Waals surface area contributed by atoms with Crippen molar-refractivity contribution in [2.24, 2.45) is 0 Å². The highest BCUT2D eigenvalue weighted by molar-refractivity contribution is 7.99. The molecule has 0 aliphatic rings. The lowest BCUT2D eigenvalue weighted by molar-refractivity contribution is 0.128. The maximum absolute atomic E-state index is 6.02. The van der Waals surface area contributed by atoms with Crippen LogP contribution in [0.5, 0.6) is 0 Å². The fourth-order valence-corrected chi connectivity index (χ4v) is 2.84. The lowest BCUT2D eigenvalue weighted by Gasteiger charge is -2.04. The zero-order chi connectivity index (χ0) is 14.7. The van der Waals surface area contributed by atoms with Crippen LogP contribution in [-0.4, -0.2) is 31.2 Å². The van der Waals surface area contributed by atoms with Crippen molar-refractivity contribution in [1.29, 1.82) is 0 Å². The molecule has 0 saturated carbocycles. The van der Waals surface area contributed by atoms with E-state index in [0.29, 0.717) is 29.2 Å². The van der Waals surface area contributed by atoms with E-state index in [9.17, 15) is 0 Å². The predicted molar refractivity (Wildman–Crippen MR) is 79.5 cm³/mol. The van der Waals surface area contributed by atoms with Crippen LogP contribution in [0, 0.1) is 0 Å². The van der Waals surface area contributed by atoms with Gasteiger partial charge in [-0.3, -0.25) is 4.40 Å². The molecule has 108 valence electrons. The quantitative estimate of drug-likeness (QED) is 0.673. The summed E-state index contributed by atoms with van der Waals surface area (Å²) in [7, 11) is 0. The van der Waals surface area contributed by atoms with Crippen LogP contribution < -0.4 is 0 Å². The van der Waals surface area contributed by atoms with Crippen LogP contribution in [0.3, 0.4) is 0 Å². The minimum absolute atomic E-state index is 0.338. The number of fused-ring (bicyclic) bond motifs is 1. The summed E-state index contributed by atoms with van der Waals surface area (Å²) in [5, 5.41) is 10.1. The van der Waals surface area contributed by atoms with Crippen LogP contribution in [0.1, 0.15) is 12.7 Å². The monoisotopic (exact) mass is 321 g/mol. The first-order chi connectivity index (χ1) is 10.3. The van der Waals surface area contributed by atoms with Crippen molar-refractivity contribution in [3.05, 3.63) is 41.4 Å². The lowest BCUT2D eigenvalue weighted by Crippen LogP contribution is -2.00. The Morgan fingerprint density at radius 3 is 3.05 bits per heavy atom. The molecule has 3 aromatic rings. The second-order valence-corrected chi connectivity index (χ2v) is 5.47. The van der Waals surface area contributed by atoms with Crippen molar-refractivity contribution in [3.8, 4) is 0 Å². The van der Waals surface area contributed by atoms with Gasteiger partial charge in [-0.25, -0.2) is 9.97 Å². The smallest absolute Gasteiger partial charge is 0.201 e. The molecule has 0 unspecified atom stereocenters. The molecule has 0 aliphatic carbocycles. The Kier molecular flexibility index (Phi) is 4.33. The molecule has 8 heteroatoms. The van der Waals surface area contributed by atoms with Gasteiger partial charge in [0, 0.05) is 18.9 Å². The summed E-state index contributed by atoms with van der Waals surface area (Å²) >= 11 is 7.41. The van der Waals surface area contributed by atoms with Gasteiger partial charge in [0.15, 0.2) is 11.5 Å². The van der Waals surface area contributed by atoms with Crippen LogP contribution >= 0.6 is 23.4 Å². The van der Waals surface area contributed by atoms with Gasteiger partial charge < -0.3 is 4.74 Å². The molecule has 3 aromatic heterocycles. The van der Waals surface area contributed by atoms with Crippen LogP contribution in [0.15, 0.2) is 40.6 Å². The van der Waals surface area contributed by atoms with E-state index < -0.39 is 0 Å². The highest BCUT2D eigenvalue weighted by atomic mass is 35.5. The summed E-state index contributed by atoms with van der Waals surface area (Å²) in [6.07, 6.45) is 1.90. The molecule has 0 atom stereocenters. The van der Waals surface area contributed by atoms with Gasteiger partial charge in [-0.05, 0) is 30.8 Å². The number of halogens is 1. The summed E-state index contributed by atoms with van der Waals surface area (Å²) in [4.78, 5) is 8.55. The van der Waals surface area contributed by atoms with Gasteiger partial charge in [-0.15, -0.1) is 10.2 Å². The van der Waals surface area contributed by atoms with Gasteiger partial charge in [0.2, 0.25) is 5.16 Å². The molecule has 0 radical (unpaired) electrons. The molecule has 0 aliphatic heterocycles. The van der Waals surface area contributed by atoms with E-state index in [2.05, 4.69) is 20.2 Å². The summed E-state index contributed by atoms with van der Waals surface area (Å²) in [5.74, 6) is 0.556. The van der Waals surface area contributed by atoms with Gasteiger partial charge in [0.25, 0.3) is 0 Å². The third-order valence-electron chi connectivity index (χ3n) is 2.63. The average Bonchev–Trinajstić information content (AvgIpc) is 2.88. The molecule has 0 fully saturated rings. The molecule has 0 amide bonds. The largest absolute Gasteiger partial charge is 0.374 e. The molecule has 3 rings (SSSR count). The van der Waals surface area contributed by atoms with Crippen molar-refractivity contribution in [3.63, 3.8) is 0 Å². The Labute approximate surface area is 130 Å². The summed E-state index contributed by atoms with van der Waals surface area (Å²) in [5.41, 5.74) is 0.787. The molecule has 3 heterocycles. The first-order valence-corrected chi connectivity index (χ1v) is 7.54. The third-order valence-corrected chi connectivity index (χ3v) is 3.70. The van der Waals surface area contributed by atoms with Crippen molar-refractivity contribution in [2.45, 2.75) is 23.7 Å². The second-order valence-electron chi connectivity index (χ2n) is 4.10. The minimum Gasteiger partial charge on any atom is -0.374 e. The zero-order valence-corrected chi connectivity index (χ0v) is 12.8. The van der Waals surface area contributed by atoms with Crippen molar-refractivity contribution >= 4 is 29.0 Å². The van der Waals surface area contributed by atoms with Gasteiger partial charge >= 0.3 is 0 Å². The van der Waals surface area contributed by atoms with Crippen LogP contribution in [-0.2, 0) is 11.3 Å². The fraction of sp³-hybridized carbons (Fsp3) is 0.231. The number of hydrogen-bond donors (Lipinski definition) is 0. The number of rotatable bonds is 5. The molecule has 0 spiro atoms. The van der Waals surface area contributed by atoms with Crippen LogP contribution in [0.4, 0.5) is 0 Å². The molecule has 0 aromatic carbocycles. The molecular weight excluding hydrogens is 310 g/mol. The van der Waals surface area contributed by atoms with Gasteiger partial charge in [-0.2, -0.15) is 0 Å². The maximum atomic E-state index is 6.02. The zero-order valence-electron chi connectivity index (χ0n) is 11.2. The molecule has 0 saturated heterocycles. The van der Waals surface area contributed by atoms with E-state index in [4.69, 9.17) is 16.3 Å². The number of ether oxygens (including phenoxy) is 1. The molecule has 21 heavy (non-hydrogen) atoms. The van der Waals surface area contributed by atoms with Crippen molar-refractivity contribution in [1.82, 2.24) is 24.6 Å². The highest BCUT2D eigenvalue weighted by Crippen LogP contribution is 2.26. The standard InChI is InChI=1S/C13H12ClN5OS/c1-2-20-8-10-15-9(14)7-12(16-10)21-13-18-17-11-5-3-4-6-19(11)13/h3-7H,2,8H2,1H3. The fourth-order valence-electron chi connectivity index (χ4n) is 1.73. The van der Waals surface area contributed by atoms with Crippen LogP contribution in [0.25, 0.3) is 5.65 Å². The maximum Gasteiger partial charge on any atom is 0.201 e. The average molecular weight is 322 g/mol. The van der Waals surface area contributed by atoms with E-state index in [-0.39, 0.29) is 0 Å².